The van der Waals surface area contributed by atoms with Gasteiger partial charge in [-0.2, -0.15) is 13.2 Å². The number of aliphatic carboxylic acids is 1. The molecular formula is C23H22Cl2F3NO4. The Hall–Kier alpha value is -2.16. The van der Waals surface area contributed by atoms with Gasteiger partial charge in [-0.1, -0.05) is 29.3 Å². The topological polar surface area (TPSA) is 59.0 Å². The summed E-state index contributed by atoms with van der Waals surface area (Å²) in [5.74, 6) is 0.420. The zero-order valence-corrected chi connectivity index (χ0v) is 19.1. The molecule has 0 radical (unpaired) electrons. The summed E-state index contributed by atoms with van der Waals surface area (Å²) in [5.41, 5.74) is 0.357. The molecule has 10 heteroatoms. The van der Waals surface area contributed by atoms with Gasteiger partial charge in [0.1, 0.15) is 18.1 Å². The lowest BCUT2D eigenvalue weighted by molar-refractivity contribution is -0.138. The molecule has 1 spiro atoms. The SMILES string of the molecule is O=C(O)CCN1CCC2(CC1)COc1cc(OCc3c(Cl)cc(C(F)(F)F)cc3Cl)ccc12. The Bertz CT molecular complexity index is 1030. The molecule has 0 aromatic heterocycles. The minimum Gasteiger partial charge on any atom is -0.492 e. The molecule has 1 saturated heterocycles. The normalized spacial score (nSPS) is 17.6. The number of ether oxygens (including phenoxy) is 2. The minimum absolute atomic E-state index is 0.0850. The number of alkyl halides is 3. The van der Waals surface area contributed by atoms with Crippen molar-refractivity contribution in [3.05, 3.63) is 57.1 Å². The molecule has 2 aromatic carbocycles. The van der Waals surface area contributed by atoms with E-state index < -0.39 is 17.7 Å². The number of likely N-dealkylation sites (tertiary alicyclic amines) is 1. The third-order valence-corrected chi connectivity index (χ3v) is 7.01. The fourth-order valence-electron chi connectivity index (χ4n) is 4.38. The Morgan fingerprint density at radius 2 is 1.82 bits per heavy atom. The lowest BCUT2D eigenvalue weighted by atomic mass is 9.74. The van der Waals surface area contributed by atoms with Crippen LogP contribution in [0.25, 0.3) is 0 Å². The minimum atomic E-state index is -4.54. The predicted molar refractivity (Wildman–Crippen MR) is 117 cm³/mol. The average molecular weight is 504 g/mol. The van der Waals surface area contributed by atoms with Crippen LogP contribution in [0.3, 0.4) is 0 Å². The highest BCUT2D eigenvalue weighted by atomic mass is 35.5. The van der Waals surface area contributed by atoms with E-state index in [4.69, 9.17) is 37.8 Å². The number of rotatable bonds is 6. The molecule has 2 aromatic rings. The van der Waals surface area contributed by atoms with E-state index in [1.54, 1.807) is 12.1 Å². The van der Waals surface area contributed by atoms with Crippen molar-refractivity contribution in [2.75, 3.05) is 26.2 Å². The zero-order chi connectivity index (χ0) is 23.8. The van der Waals surface area contributed by atoms with Crippen molar-refractivity contribution in [3.63, 3.8) is 0 Å². The predicted octanol–water partition coefficient (Wildman–Crippen LogP) is 5.79. The number of halogens is 5. The van der Waals surface area contributed by atoms with Crippen LogP contribution in [0.2, 0.25) is 10.0 Å². The maximum absolute atomic E-state index is 12.9. The molecular weight excluding hydrogens is 482 g/mol. The summed E-state index contributed by atoms with van der Waals surface area (Å²) < 4.78 is 50.4. The molecule has 0 unspecified atom stereocenters. The summed E-state index contributed by atoms with van der Waals surface area (Å²) in [4.78, 5) is 13.0. The molecule has 0 saturated carbocycles. The fourth-order valence-corrected chi connectivity index (χ4v) is 4.97. The van der Waals surface area contributed by atoms with Crippen molar-refractivity contribution in [3.8, 4) is 11.5 Å². The van der Waals surface area contributed by atoms with Crippen molar-refractivity contribution in [2.45, 2.75) is 37.5 Å². The molecule has 4 rings (SSSR count). The Balaban J connectivity index is 1.42. The monoisotopic (exact) mass is 503 g/mol. The third kappa shape index (κ3) is 5.18. The van der Waals surface area contributed by atoms with Crippen LogP contribution in [0.5, 0.6) is 11.5 Å². The number of carbonyl (C=O) groups is 1. The molecule has 33 heavy (non-hydrogen) atoms. The van der Waals surface area contributed by atoms with E-state index in [1.807, 2.05) is 6.07 Å². The first kappa shape index (κ1) is 24.0. The number of piperidine rings is 1. The molecule has 2 heterocycles. The largest absolute Gasteiger partial charge is 0.492 e. The van der Waals surface area contributed by atoms with Crippen LogP contribution in [-0.4, -0.2) is 42.2 Å². The highest BCUT2D eigenvalue weighted by Crippen LogP contribution is 2.47. The van der Waals surface area contributed by atoms with Crippen LogP contribution >= 0.6 is 23.2 Å². The van der Waals surface area contributed by atoms with Crippen molar-refractivity contribution in [1.29, 1.82) is 0 Å². The molecule has 2 aliphatic heterocycles. The van der Waals surface area contributed by atoms with E-state index in [9.17, 15) is 18.0 Å². The van der Waals surface area contributed by atoms with Crippen LogP contribution in [0.15, 0.2) is 30.3 Å². The molecule has 2 aliphatic rings. The molecule has 5 nitrogen and oxygen atoms in total. The summed E-state index contributed by atoms with van der Waals surface area (Å²) >= 11 is 12.0. The van der Waals surface area contributed by atoms with Crippen LogP contribution in [0.1, 0.15) is 36.0 Å². The Morgan fingerprint density at radius 1 is 1.15 bits per heavy atom. The van der Waals surface area contributed by atoms with Gasteiger partial charge in [0.25, 0.3) is 0 Å². The first-order valence-electron chi connectivity index (χ1n) is 10.5. The van der Waals surface area contributed by atoms with Crippen LogP contribution in [0, 0.1) is 0 Å². The van der Waals surface area contributed by atoms with Crippen LogP contribution in [0.4, 0.5) is 13.2 Å². The van der Waals surface area contributed by atoms with Gasteiger partial charge in [-0.25, -0.2) is 0 Å². The van der Waals surface area contributed by atoms with Crippen molar-refractivity contribution in [1.82, 2.24) is 4.90 Å². The molecule has 178 valence electrons. The van der Waals surface area contributed by atoms with Crippen LogP contribution < -0.4 is 9.47 Å². The van der Waals surface area contributed by atoms with Crippen molar-refractivity contribution < 1.29 is 32.5 Å². The second-order valence-corrected chi connectivity index (χ2v) is 9.23. The molecule has 0 atom stereocenters. The number of hydrogen-bond acceptors (Lipinski definition) is 4. The fraction of sp³-hybridized carbons (Fsp3) is 0.435. The summed E-state index contributed by atoms with van der Waals surface area (Å²) in [7, 11) is 0. The van der Waals surface area contributed by atoms with E-state index in [2.05, 4.69) is 4.90 Å². The van der Waals surface area contributed by atoms with E-state index in [-0.39, 0.29) is 34.1 Å². The maximum atomic E-state index is 12.9. The van der Waals surface area contributed by atoms with Gasteiger partial charge >= 0.3 is 12.1 Å². The van der Waals surface area contributed by atoms with E-state index in [1.165, 1.54) is 0 Å². The van der Waals surface area contributed by atoms with Gasteiger partial charge in [-0.05, 0) is 44.1 Å². The van der Waals surface area contributed by atoms with Gasteiger partial charge in [0.2, 0.25) is 0 Å². The van der Waals surface area contributed by atoms with Crippen molar-refractivity contribution in [2.24, 2.45) is 0 Å². The summed E-state index contributed by atoms with van der Waals surface area (Å²) in [6.07, 6.45) is -2.66. The number of nitrogens with zero attached hydrogens (tertiary/aromatic N) is 1. The summed E-state index contributed by atoms with van der Waals surface area (Å²) in [6.45, 7) is 2.62. The number of carboxylic acid groups (broad SMARTS) is 1. The molecule has 1 N–H and O–H groups in total. The van der Waals surface area contributed by atoms with Gasteiger partial charge in [-0.15, -0.1) is 0 Å². The van der Waals surface area contributed by atoms with E-state index in [0.29, 0.717) is 18.9 Å². The molecule has 1 fully saturated rings. The van der Waals surface area contributed by atoms with Gasteiger partial charge in [0.15, 0.2) is 0 Å². The smallest absolute Gasteiger partial charge is 0.416 e. The summed E-state index contributed by atoms with van der Waals surface area (Å²) in [6, 6.07) is 7.21. The number of fused-ring (bicyclic) bond motifs is 2. The van der Waals surface area contributed by atoms with Gasteiger partial charge < -0.3 is 19.5 Å². The number of hydrogen-bond donors (Lipinski definition) is 1. The van der Waals surface area contributed by atoms with E-state index >= 15 is 0 Å². The highest BCUT2D eigenvalue weighted by Gasteiger charge is 2.43. The van der Waals surface area contributed by atoms with Gasteiger partial charge in [0.05, 0.1) is 18.6 Å². The van der Waals surface area contributed by atoms with E-state index in [0.717, 1.165) is 49.4 Å². The molecule has 0 bridgehead atoms. The lowest BCUT2D eigenvalue weighted by Crippen LogP contribution is -2.44. The second-order valence-electron chi connectivity index (χ2n) is 8.42. The second kappa shape index (κ2) is 9.24. The third-order valence-electron chi connectivity index (χ3n) is 6.33. The number of carboxylic acids is 1. The quantitative estimate of drug-likeness (QED) is 0.540. The first-order chi connectivity index (χ1) is 15.6. The van der Waals surface area contributed by atoms with Crippen LogP contribution in [-0.2, 0) is 23.0 Å². The van der Waals surface area contributed by atoms with Gasteiger partial charge in [0, 0.05) is 39.2 Å². The molecule has 0 aliphatic carbocycles. The summed E-state index contributed by atoms with van der Waals surface area (Å²) in [5, 5.41) is 8.66. The average Bonchev–Trinajstić information content (AvgIpc) is 3.09. The first-order valence-corrected chi connectivity index (χ1v) is 11.2. The Kier molecular flexibility index (Phi) is 6.71. The molecule has 0 amide bonds. The highest BCUT2D eigenvalue weighted by molar-refractivity contribution is 6.36. The standard InChI is InChI=1S/C23H22Cl2F3NO4/c24-18-9-14(23(26,27)28)10-19(25)16(18)12-32-15-1-2-17-20(11-15)33-13-22(17)4-7-29(8-5-22)6-3-21(30)31/h1-2,9-11H,3-8,12-13H2,(H,30,31). The Labute approximate surface area is 199 Å². The number of benzene rings is 2. The van der Waals surface area contributed by atoms with Gasteiger partial charge in [-0.3, -0.25) is 4.79 Å². The Morgan fingerprint density at radius 3 is 2.42 bits per heavy atom. The maximum Gasteiger partial charge on any atom is 0.416 e. The van der Waals surface area contributed by atoms with Crippen molar-refractivity contribution >= 4 is 29.2 Å². The zero-order valence-electron chi connectivity index (χ0n) is 17.6. The lowest BCUT2D eigenvalue weighted by Gasteiger charge is -2.38.